The van der Waals surface area contributed by atoms with Gasteiger partial charge in [-0.2, -0.15) is 4.52 Å². The Morgan fingerprint density at radius 2 is 2.12 bits per heavy atom. The van der Waals surface area contributed by atoms with Crippen LogP contribution in [0.1, 0.15) is 29.3 Å². The van der Waals surface area contributed by atoms with Crippen molar-refractivity contribution in [2.75, 3.05) is 18.0 Å². The van der Waals surface area contributed by atoms with Crippen LogP contribution >= 0.6 is 0 Å². The molecule has 0 spiro atoms. The second-order valence-corrected chi connectivity index (χ2v) is 6.18. The molecule has 24 heavy (non-hydrogen) atoms. The van der Waals surface area contributed by atoms with Crippen molar-refractivity contribution in [2.24, 2.45) is 0 Å². The van der Waals surface area contributed by atoms with E-state index in [4.69, 9.17) is 9.26 Å². The van der Waals surface area contributed by atoms with Crippen molar-refractivity contribution in [2.45, 2.75) is 39.9 Å². The molecule has 0 saturated carbocycles. The summed E-state index contributed by atoms with van der Waals surface area (Å²) in [4.78, 5) is 2.23. The molecule has 0 radical (unpaired) electrons. The molecule has 1 atom stereocenters. The normalized spacial score (nSPS) is 18.0. The lowest BCUT2D eigenvalue weighted by Gasteiger charge is -2.17. The molecule has 3 aromatic rings. The Kier molecular flexibility index (Phi) is 3.68. The molecule has 3 aromatic heterocycles. The van der Waals surface area contributed by atoms with E-state index in [1.54, 1.807) is 4.52 Å². The van der Waals surface area contributed by atoms with Crippen LogP contribution in [0.15, 0.2) is 16.7 Å². The Hall–Kier alpha value is -2.48. The summed E-state index contributed by atoms with van der Waals surface area (Å²) in [6.45, 7) is 8.04. The van der Waals surface area contributed by atoms with Gasteiger partial charge in [-0.05, 0) is 39.3 Å². The fourth-order valence-electron chi connectivity index (χ4n) is 3.04. The minimum atomic E-state index is 0.179. The van der Waals surface area contributed by atoms with E-state index in [0.29, 0.717) is 6.61 Å². The average Bonchev–Trinajstić information content (AvgIpc) is 3.27. The van der Waals surface area contributed by atoms with E-state index in [2.05, 4.69) is 25.4 Å². The standard InChI is InChI=1S/C16H20N6O2/c1-10-14(11(2)24-20-10)9-23-13-6-7-21(8-13)16-5-4-15-18-17-12(3)22(15)19-16/h4-5,13H,6-9H2,1-3H3. The van der Waals surface area contributed by atoms with Gasteiger partial charge < -0.3 is 14.2 Å². The van der Waals surface area contributed by atoms with Gasteiger partial charge in [-0.3, -0.25) is 0 Å². The topological polar surface area (TPSA) is 81.6 Å². The highest BCUT2D eigenvalue weighted by Gasteiger charge is 2.25. The van der Waals surface area contributed by atoms with Crippen LogP contribution < -0.4 is 4.90 Å². The molecule has 126 valence electrons. The van der Waals surface area contributed by atoms with Gasteiger partial charge in [0.2, 0.25) is 0 Å². The van der Waals surface area contributed by atoms with Crippen LogP contribution in [-0.4, -0.2) is 44.2 Å². The summed E-state index contributed by atoms with van der Waals surface area (Å²) >= 11 is 0. The predicted octanol–water partition coefficient (Wildman–Crippen LogP) is 1.83. The second kappa shape index (κ2) is 5.86. The minimum absolute atomic E-state index is 0.179. The summed E-state index contributed by atoms with van der Waals surface area (Å²) in [5.74, 6) is 2.55. The quantitative estimate of drug-likeness (QED) is 0.722. The zero-order valence-electron chi connectivity index (χ0n) is 14.1. The summed E-state index contributed by atoms with van der Waals surface area (Å²) in [6.07, 6.45) is 1.16. The molecule has 0 N–H and O–H groups in total. The van der Waals surface area contributed by atoms with E-state index in [9.17, 15) is 0 Å². The zero-order valence-corrected chi connectivity index (χ0v) is 14.1. The highest BCUT2D eigenvalue weighted by molar-refractivity contribution is 5.46. The maximum Gasteiger partial charge on any atom is 0.178 e. The average molecular weight is 328 g/mol. The molecule has 0 amide bonds. The molecule has 0 bridgehead atoms. The fraction of sp³-hybridized carbons (Fsp3) is 0.500. The van der Waals surface area contributed by atoms with Gasteiger partial charge in [-0.25, -0.2) is 0 Å². The van der Waals surface area contributed by atoms with E-state index in [-0.39, 0.29) is 6.10 Å². The number of aryl methyl sites for hydroxylation is 3. The maximum absolute atomic E-state index is 6.06. The Labute approximate surface area is 139 Å². The van der Waals surface area contributed by atoms with Crippen LogP contribution in [0.4, 0.5) is 5.82 Å². The fourth-order valence-corrected chi connectivity index (χ4v) is 3.04. The molecule has 0 aromatic carbocycles. The highest BCUT2D eigenvalue weighted by atomic mass is 16.5. The molecule has 1 aliphatic rings. The number of rotatable bonds is 4. The third kappa shape index (κ3) is 2.62. The van der Waals surface area contributed by atoms with Crippen molar-refractivity contribution < 1.29 is 9.26 Å². The molecule has 1 unspecified atom stereocenters. The van der Waals surface area contributed by atoms with Gasteiger partial charge in [-0.15, -0.1) is 15.3 Å². The van der Waals surface area contributed by atoms with Gasteiger partial charge in [0.05, 0.1) is 18.4 Å². The van der Waals surface area contributed by atoms with Crippen LogP contribution in [-0.2, 0) is 11.3 Å². The van der Waals surface area contributed by atoms with E-state index >= 15 is 0 Å². The number of anilines is 1. The van der Waals surface area contributed by atoms with Gasteiger partial charge >= 0.3 is 0 Å². The van der Waals surface area contributed by atoms with Crippen LogP contribution in [0, 0.1) is 20.8 Å². The Morgan fingerprint density at radius 3 is 2.92 bits per heavy atom. The van der Waals surface area contributed by atoms with Gasteiger partial charge in [0.25, 0.3) is 0 Å². The van der Waals surface area contributed by atoms with Crippen molar-refractivity contribution >= 4 is 11.5 Å². The molecule has 8 heteroatoms. The number of hydrogen-bond acceptors (Lipinski definition) is 7. The Morgan fingerprint density at radius 1 is 1.25 bits per heavy atom. The predicted molar refractivity (Wildman–Crippen MR) is 86.9 cm³/mol. The lowest BCUT2D eigenvalue weighted by Crippen LogP contribution is -2.24. The molecule has 8 nitrogen and oxygen atoms in total. The molecular formula is C16H20N6O2. The molecule has 1 aliphatic heterocycles. The van der Waals surface area contributed by atoms with Gasteiger partial charge in [0.1, 0.15) is 11.6 Å². The Balaban J connectivity index is 1.43. The first-order valence-electron chi connectivity index (χ1n) is 8.09. The molecular weight excluding hydrogens is 308 g/mol. The molecule has 4 rings (SSSR count). The van der Waals surface area contributed by atoms with E-state index < -0.39 is 0 Å². The van der Waals surface area contributed by atoms with Crippen LogP contribution in [0.25, 0.3) is 5.65 Å². The maximum atomic E-state index is 6.06. The second-order valence-electron chi connectivity index (χ2n) is 6.18. The third-order valence-corrected chi connectivity index (χ3v) is 4.52. The number of ether oxygens (including phenoxy) is 1. The summed E-state index contributed by atoms with van der Waals surface area (Å²) < 4.78 is 13.0. The molecule has 1 saturated heterocycles. The van der Waals surface area contributed by atoms with Gasteiger partial charge in [0.15, 0.2) is 11.5 Å². The van der Waals surface area contributed by atoms with E-state index in [1.165, 1.54) is 0 Å². The van der Waals surface area contributed by atoms with Crippen molar-refractivity contribution in [1.29, 1.82) is 0 Å². The van der Waals surface area contributed by atoms with E-state index in [0.717, 1.165) is 53.8 Å². The monoisotopic (exact) mass is 328 g/mol. The SMILES string of the molecule is Cc1noc(C)c1COC1CCN(c2ccc3nnc(C)n3n2)C1. The van der Waals surface area contributed by atoms with Crippen molar-refractivity contribution in [1.82, 2.24) is 25.0 Å². The van der Waals surface area contributed by atoms with Gasteiger partial charge in [-0.1, -0.05) is 5.16 Å². The van der Waals surface area contributed by atoms with Crippen molar-refractivity contribution in [3.63, 3.8) is 0 Å². The minimum Gasteiger partial charge on any atom is -0.371 e. The number of fused-ring (bicyclic) bond motifs is 1. The van der Waals surface area contributed by atoms with Crippen LogP contribution in [0.2, 0.25) is 0 Å². The lowest BCUT2D eigenvalue weighted by molar-refractivity contribution is 0.0544. The Bertz CT molecular complexity index is 851. The highest BCUT2D eigenvalue weighted by Crippen LogP contribution is 2.22. The zero-order chi connectivity index (χ0) is 16.7. The molecule has 1 fully saturated rings. The van der Waals surface area contributed by atoms with Crippen molar-refractivity contribution in [3.8, 4) is 0 Å². The van der Waals surface area contributed by atoms with E-state index in [1.807, 2.05) is 32.9 Å². The number of nitrogens with zero attached hydrogens (tertiary/aromatic N) is 6. The van der Waals surface area contributed by atoms with Crippen LogP contribution in [0.5, 0.6) is 0 Å². The summed E-state index contributed by atoms with van der Waals surface area (Å²) in [5, 5.41) is 16.7. The third-order valence-electron chi connectivity index (χ3n) is 4.52. The van der Waals surface area contributed by atoms with Gasteiger partial charge in [0, 0.05) is 18.7 Å². The first kappa shape index (κ1) is 15.1. The smallest absolute Gasteiger partial charge is 0.178 e. The summed E-state index contributed by atoms with van der Waals surface area (Å²) in [6, 6.07) is 3.93. The number of hydrogen-bond donors (Lipinski definition) is 0. The summed E-state index contributed by atoms with van der Waals surface area (Å²) in [7, 11) is 0. The largest absolute Gasteiger partial charge is 0.371 e. The molecule has 0 aliphatic carbocycles. The lowest BCUT2D eigenvalue weighted by atomic mass is 10.2. The number of aromatic nitrogens is 5. The first-order valence-corrected chi connectivity index (χ1v) is 8.09. The summed E-state index contributed by atoms with van der Waals surface area (Å²) in [5.41, 5.74) is 2.72. The first-order chi connectivity index (χ1) is 11.6. The van der Waals surface area contributed by atoms with Crippen molar-refractivity contribution in [3.05, 3.63) is 35.0 Å². The van der Waals surface area contributed by atoms with Crippen LogP contribution in [0.3, 0.4) is 0 Å². The molecule has 4 heterocycles.